The summed E-state index contributed by atoms with van der Waals surface area (Å²) in [6.45, 7) is 0. The molecule has 1 aromatic carbocycles. The lowest BCUT2D eigenvalue weighted by molar-refractivity contribution is 1.55. The third-order valence-corrected chi connectivity index (χ3v) is 1.73. The van der Waals surface area contributed by atoms with Crippen LogP contribution in [0.2, 0.25) is 10.0 Å². The zero-order valence-corrected chi connectivity index (χ0v) is 7.45. The predicted octanol–water partition coefficient (Wildman–Crippen LogP) is 2.87. The molecule has 3 heteroatoms. The van der Waals surface area contributed by atoms with E-state index in [4.69, 9.17) is 28.5 Å². The van der Waals surface area contributed by atoms with Gasteiger partial charge in [0.25, 0.3) is 0 Å². The second-order valence-corrected chi connectivity index (χ2v) is 2.83. The molecule has 0 saturated heterocycles. The van der Waals surface area contributed by atoms with Crippen LogP contribution in [0.25, 0.3) is 0 Å². The summed E-state index contributed by atoms with van der Waals surface area (Å²) in [6, 6.07) is 6.64. The van der Waals surface area contributed by atoms with Crippen molar-refractivity contribution in [2.75, 3.05) is 0 Å². The van der Waals surface area contributed by atoms with Gasteiger partial charge in [0.15, 0.2) is 6.07 Å². The van der Waals surface area contributed by atoms with E-state index in [9.17, 15) is 0 Å². The first-order chi connectivity index (χ1) is 5.74. The van der Waals surface area contributed by atoms with Crippen LogP contribution in [0.3, 0.4) is 0 Å². The normalized spacial score (nSPS) is 8.08. The van der Waals surface area contributed by atoms with Gasteiger partial charge in [0, 0.05) is 16.5 Å². The highest BCUT2D eigenvalue weighted by atomic mass is 35.5. The van der Waals surface area contributed by atoms with E-state index in [-0.39, 0.29) is 0 Å². The third kappa shape index (κ3) is 2.17. The van der Waals surface area contributed by atoms with Crippen LogP contribution in [0.1, 0.15) is 5.56 Å². The van der Waals surface area contributed by atoms with E-state index in [0.29, 0.717) is 15.6 Å². The number of nitriles is 1. The average molecular weight is 196 g/mol. The molecule has 0 spiro atoms. The molecule has 1 rings (SSSR count). The first kappa shape index (κ1) is 8.94. The van der Waals surface area contributed by atoms with Gasteiger partial charge in [0.2, 0.25) is 0 Å². The molecule has 0 radical (unpaired) electrons. The minimum atomic E-state index is 0.463. The Morgan fingerprint density at radius 1 is 1.25 bits per heavy atom. The minimum absolute atomic E-state index is 0.463. The summed E-state index contributed by atoms with van der Waals surface area (Å²) < 4.78 is 0. The Morgan fingerprint density at radius 3 is 2.58 bits per heavy atom. The summed E-state index contributed by atoms with van der Waals surface area (Å²) in [4.78, 5) is 0. The quantitative estimate of drug-likeness (QED) is 0.585. The van der Waals surface area contributed by atoms with Crippen molar-refractivity contribution in [1.29, 1.82) is 5.26 Å². The van der Waals surface area contributed by atoms with Gasteiger partial charge < -0.3 is 0 Å². The Bertz CT molecular complexity index is 393. The fourth-order valence-electron chi connectivity index (χ4n) is 0.686. The van der Waals surface area contributed by atoms with Crippen LogP contribution in [0.4, 0.5) is 0 Å². The van der Waals surface area contributed by atoms with Crippen molar-refractivity contribution < 1.29 is 0 Å². The average Bonchev–Trinajstić information content (AvgIpc) is 2.03. The fraction of sp³-hybridized carbons (Fsp3) is 0. The molecule has 0 fully saturated rings. The first-order valence-electron chi connectivity index (χ1n) is 3.09. The van der Waals surface area contributed by atoms with E-state index < -0.39 is 0 Å². The molecule has 1 aromatic rings. The van der Waals surface area contributed by atoms with Crippen molar-refractivity contribution in [3.63, 3.8) is 0 Å². The van der Waals surface area contributed by atoms with Crippen LogP contribution >= 0.6 is 23.2 Å². The predicted molar refractivity (Wildman–Crippen MR) is 49.0 cm³/mol. The molecule has 0 atom stereocenters. The Kier molecular flexibility index (Phi) is 3.00. The summed E-state index contributed by atoms with van der Waals surface area (Å²) in [5.41, 5.74) is 0.614. The number of hydrogen-bond donors (Lipinski definition) is 0. The van der Waals surface area contributed by atoms with E-state index in [2.05, 4.69) is 11.8 Å². The highest BCUT2D eigenvalue weighted by Crippen LogP contribution is 2.19. The SMILES string of the molecule is N#CC#Cc1ccc(Cl)cc1Cl. The molecule has 0 amide bonds. The molecule has 0 aliphatic heterocycles. The monoisotopic (exact) mass is 195 g/mol. The van der Waals surface area contributed by atoms with Crippen molar-refractivity contribution in [3.05, 3.63) is 33.8 Å². The molecule has 0 aliphatic carbocycles. The molecule has 0 unspecified atom stereocenters. The zero-order chi connectivity index (χ0) is 8.97. The first-order valence-corrected chi connectivity index (χ1v) is 3.85. The van der Waals surface area contributed by atoms with Gasteiger partial charge in [-0.2, -0.15) is 5.26 Å². The maximum Gasteiger partial charge on any atom is 0.152 e. The van der Waals surface area contributed by atoms with Crippen LogP contribution in [0.5, 0.6) is 0 Å². The lowest BCUT2D eigenvalue weighted by Crippen LogP contribution is -1.75. The van der Waals surface area contributed by atoms with E-state index in [1.54, 1.807) is 24.3 Å². The molecule has 0 saturated carbocycles. The topological polar surface area (TPSA) is 23.8 Å². The fourth-order valence-corrected chi connectivity index (χ4v) is 1.14. The molecular weight excluding hydrogens is 193 g/mol. The van der Waals surface area contributed by atoms with Gasteiger partial charge >= 0.3 is 0 Å². The van der Waals surface area contributed by atoms with Gasteiger partial charge in [0.1, 0.15) is 0 Å². The maximum atomic E-state index is 8.18. The molecule has 58 valence electrons. The second-order valence-electron chi connectivity index (χ2n) is 1.99. The Labute approximate surface area is 80.5 Å². The highest BCUT2D eigenvalue weighted by Gasteiger charge is 1.96. The van der Waals surface area contributed by atoms with Gasteiger partial charge in [-0.25, -0.2) is 0 Å². The summed E-state index contributed by atoms with van der Waals surface area (Å²) >= 11 is 11.4. The molecule has 0 N–H and O–H groups in total. The Balaban J connectivity index is 3.12. The van der Waals surface area contributed by atoms with Crippen LogP contribution in [-0.4, -0.2) is 0 Å². The van der Waals surface area contributed by atoms with E-state index >= 15 is 0 Å². The number of benzene rings is 1. The lowest BCUT2D eigenvalue weighted by Gasteiger charge is -1.94. The standard InChI is InChI=1S/C9H3Cl2N/c10-8-4-3-7(2-1-5-12)9(11)6-8/h3-4,6H. The molecule has 0 bridgehead atoms. The van der Waals surface area contributed by atoms with Crippen LogP contribution in [0, 0.1) is 23.2 Å². The summed E-state index contributed by atoms with van der Waals surface area (Å²) in [7, 11) is 0. The van der Waals surface area contributed by atoms with Gasteiger partial charge in [-0.3, -0.25) is 0 Å². The number of nitrogens with zero attached hydrogens (tertiary/aromatic N) is 1. The van der Waals surface area contributed by atoms with Gasteiger partial charge in [-0.15, -0.1) is 0 Å². The van der Waals surface area contributed by atoms with Crippen molar-refractivity contribution in [3.8, 4) is 17.9 Å². The van der Waals surface area contributed by atoms with E-state index in [1.807, 2.05) is 0 Å². The summed E-state index contributed by atoms with van der Waals surface area (Å²) in [5, 5.41) is 9.20. The Hall–Kier alpha value is -1.15. The molecule has 1 nitrogen and oxygen atoms in total. The van der Waals surface area contributed by atoms with Crippen LogP contribution in [0.15, 0.2) is 18.2 Å². The molecule has 0 aliphatic rings. The molecule has 0 heterocycles. The molecular formula is C9H3Cl2N. The highest BCUT2D eigenvalue weighted by molar-refractivity contribution is 6.35. The number of rotatable bonds is 0. The van der Waals surface area contributed by atoms with Crippen LogP contribution in [-0.2, 0) is 0 Å². The van der Waals surface area contributed by atoms with Crippen molar-refractivity contribution in [2.45, 2.75) is 0 Å². The van der Waals surface area contributed by atoms with Gasteiger partial charge in [0.05, 0.1) is 5.02 Å². The minimum Gasteiger partial charge on any atom is -0.183 e. The second kappa shape index (κ2) is 4.02. The van der Waals surface area contributed by atoms with Crippen molar-refractivity contribution >= 4 is 23.2 Å². The smallest absolute Gasteiger partial charge is 0.152 e. The van der Waals surface area contributed by atoms with Gasteiger partial charge in [-0.05, 0) is 24.1 Å². The van der Waals surface area contributed by atoms with Crippen molar-refractivity contribution in [2.24, 2.45) is 0 Å². The lowest BCUT2D eigenvalue weighted by atomic mass is 10.2. The number of hydrogen-bond acceptors (Lipinski definition) is 1. The number of halogens is 2. The van der Waals surface area contributed by atoms with E-state index in [1.165, 1.54) is 0 Å². The maximum absolute atomic E-state index is 8.18. The van der Waals surface area contributed by atoms with Gasteiger partial charge in [-0.1, -0.05) is 23.2 Å². The molecule has 12 heavy (non-hydrogen) atoms. The van der Waals surface area contributed by atoms with E-state index in [0.717, 1.165) is 0 Å². The Morgan fingerprint density at radius 2 is 2.00 bits per heavy atom. The summed E-state index contributed by atoms with van der Waals surface area (Å²) in [6.07, 6.45) is 0. The molecule has 0 aromatic heterocycles. The summed E-state index contributed by atoms with van der Waals surface area (Å²) in [5.74, 6) is 4.84. The van der Waals surface area contributed by atoms with Crippen molar-refractivity contribution in [1.82, 2.24) is 0 Å². The zero-order valence-electron chi connectivity index (χ0n) is 5.94. The largest absolute Gasteiger partial charge is 0.183 e. The third-order valence-electron chi connectivity index (χ3n) is 1.18. The van der Waals surface area contributed by atoms with Crippen LogP contribution < -0.4 is 0 Å².